The predicted molar refractivity (Wildman–Crippen MR) is 124 cm³/mol. The van der Waals surface area contributed by atoms with Gasteiger partial charge in [-0.15, -0.1) is 0 Å². The summed E-state index contributed by atoms with van der Waals surface area (Å²) in [6.07, 6.45) is 1.67. The Hall–Kier alpha value is -2.54. The number of H-pyrrole nitrogens is 1. The Labute approximate surface area is 185 Å². The lowest BCUT2D eigenvalue weighted by Gasteiger charge is -2.36. The molecule has 7 heteroatoms. The van der Waals surface area contributed by atoms with E-state index >= 15 is 0 Å². The first-order chi connectivity index (χ1) is 14.2. The van der Waals surface area contributed by atoms with Crippen molar-refractivity contribution in [2.45, 2.75) is 33.3 Å². The van der Waals surface area contributed by atoms with E-state index in [9.17, 15) is 4.79 Å². The van der Waals surface area contributed by atoms with E-state index in [2.05, 4.69) is 63.1 Å². The van der Waals surface area contributed by atoms with E-state index in [0.29, 0.717) is 13.1 Å². The number of rotatable bonds is 2. The van der Waals surface area contributed by atoms with Crippen molar-refractivity contribution in [3.63, 3.8) is 0 Å². The Kier molecular flexibility index (Phi) is 5.49. The van der Waals surface area contributed by atoms with E-state index in [1.807, 2.05) is 27.0 Å². The molecule has 6 nitrogen and oxygen atoms in total. The molecule has 1 saturated heterocycles. The van der Waals surface area contributed by atoms with Gasteiger partial charge in [-0.25, -0.2) is 9.78 Å². The molecule has 1 aromatic carbocycles. The molecule has 30 heavy (non-hydrogen) atoms. The fraction of sp³-hybridized carbons (Fsp3) is 0.391. The number of pyridine rings is 1. The lowest BCUT2D eigenvalue weighted by molar-refractivity contribution is 0.0240. The number of carbonyl (C=O) groups is 1. The van der Waals surface area contributed by atoms with Crippen molar-refractivity contribution in [1.29, 1.82) is 0 Å². The zero-order valence-electron chi connectivity index (χ0n) is 17.8. The van der Waals surface area contributed by atoms with E-state index in [1.54, 1.807) is 4.90 Å². The average Bonchev–Trinajstić information content (AvgIpc) is 3.02. The van der Waals surface area contributed by atoms with E-state index in [-0.39, 0.29) is 6.09 Å². The van der Waals surface area contributed by atoms with Crippen LogP contribution in [-0.4, -0.2) is 52.7 Å². The number of nitrogens with zero attached hydrogens (tertiary/aromatic N) is 3. The molecule has 1 aliphatic heterocycles. The summed E-state index contributed by atoms with van der Waals surface area (Å²) in [6, 6.07) is 10.4. The SMILES string of the molecule is Cc1c(-c2ccc(N3CCN(C(=O)OC(C)(C)C)CC3)nc2)[nH]c2cc(Br)ccc12. The van der Waals surface area contributed by atoms with Gasteiger partial charge in [-0.2, -0.15) is 0 Å². The fourth-order valence-electron chi connectivity index (χ4n) is 3.76. The molecule has 0 unspecified atom stereocenters. The molecule has 0 saturated carbocycles. The lowest BCUT2D eigenvalue weighted by Crippen LogP contribution is -2.50. The second-order valence-electron chi connectivity index (χ2n) is 8.67. The Morgan fingerprint density at radius 2 is 1.87 bits per heavy atom. The van der Waals surface area contributed by atoms with Gasteiger partial charge in [0.2, 0.25) is 0 Å². The van der Waals surface area contributed by atoms with E-state index in [1.165, 1.54) is 10.9 Å². The number of piperazine rings is 1. The zero-order chi connectivity index (χ0) is 21.5. The standard InChI is InChI=1S/C23H27BrN4O2/c1-15-18-7-6-17(24)13-19(18)26-21(15)16-5-8-20(25-14-16)27-9-11-28(12-10-27)22(29)30-23(2,3)4/h5-8,13-14,26H,9-12H2,1-4H3. The first-order valence-corrected chi connectivity index (χ1v) is 11.0. The predicted octanol–water partition coefficient (Wildman–Crippen LogP) is 5.36. The highest BCUT2D eigenvalue weighted by molar-refractivity contribution is 9.10. The molecule has 2 aromatic heterocycles. The normalized spacial score (nSPS) is 15.0. The number of fused-ring (bicyclic) bond motifs is 1. The summed E-state index contributed by atoms with van der Waals surface area (Å²) in [5, 5.41) is 1.22. The molecular formula is C23H27BrN4O2. The van der Waals surface area contributed by atoms with Crippen molar-refractivity contribution in [2.24, 2.45) is 0 Å². The summed E-state index contributed by atoms with van der Waals surface area (Å²) < 4.78 is 6.53. The first kappa shape index (κ1) is 20.7. The van der Waals surface area contributed by atoms with Crippen LogP contribution in [0.4, 0.5) is 10.6 Å². The summed E-state index contributed by atoms with van der Waals surface area (Å²) in [5.41, 5.74) is 4.02. The van der Waals surface area contributed by atoms with Crippen molar-refractivity contribution >= 4 is 38.7 Å². The number of amides is 1. The number of ether oxygens (including phenoxy) is 1. The number of hydrogen-bond acceptors (Lipinski definition) is 4. The van der Waals surface area contributed by atoms with Gasteiger partial charge in [0.25, 0.3) is 0 Å². The topological polar surface area (TPSA) is 61.5 Å². The van der Waals surface area contributed by atoms with Gasteiger partial charge in [0.05, 0.1) is 5.69 Å². The van der Waals surface area contributed by atoms with Crippen LogP contribution >= 0.6 is 15.9 Å². The van der Waals surface area contributed by atoms with Crippen LogP contribution in [0.25, 0.3) is 22.2 Å². The van der Waals surface area contributed by atoms with Gasteiger partial charge in [-0.3, -0.25) is 0 Å². The molecule has 158 valence electrons. The molecule has 0 atom stereocenters. The molecule has 1 aliphatic rings. The smallest absolute Gasteiger partial charge is 0.410 e. The van der Waals surface area contributed by atoms with Gasteiger partial charge in [0, 0.05) is 53.3 Å². The van der Waals surface area contributed by atoms with Crippen LogP contribution in [0.5, 0.6) is 0 Å². The summed E-state index contributed by atoms with van der Waals surface area (Å²) in [7, 11) is 0. The number of aromatic amines is 1. The monoisotopic (exact) mass is 470 g/mol. The van der Waals surface area contributed by atoms with Gasteiger partial charge in [-0.1, -0.05) is 22.0 Å². The van der Waals surface area contributed by atoms with E-state index in [4.69, 9.17) is 9.72 Å². The maximum absolute atomic E-state index is 12.2. The molecule has 3 heterocycles. The van der Waals surface area contributed by atoms with Crippen molar-refractivity contribution < 1.29 is 9.53 Å². The Bertz CT molecular complexity index is 1060. The summed E-state index contributed by atoms with van der Waals surface area (Å²) in [6.45, 7) is 10.5. The molecule has 1 fully saturated rings. The molecule has 1 N–H and O–H groups in total. The molecule has 0 aliphatic carbocycles. The minimum atomic E-state index is -0.470. The third kappa shape index (κ3) is 4.31. The minimum absolute atomic E-state index is 0.244. The van der Waals surface area contributed by atoms with Crippen LogP contribution in [0.2, 0.25) is 0 Å². The molecule has 1 amide bonds. The highest BCUT2D eigenvalue weighted by Gasteiger charge is 2.26. The summed E-state index contributed by atoms with van der Waals surface area (Å²) >= 11 is 3.53. The zero-order valence-corrected chi connectivity index (χ0v) is 19.4. The van der Waals surface area contributed by atoms with Crippen LogP contribution in [-0.2, 0) is 4.74 Å². The number of aromatic nitrogens is 2. The first-order valence-electron chi connectivity index (χ1n) is 10.2. The van der Waals surface area contributed by atoms with Crippen LogP contribution in [0.15, 0.2) is 41.0 Å². The second kappa shape index (κ2) is 7.95. The average molecular weight is 471 g/mol. The van der Waals surface area contributed by atoms with E-state index in [0.717, 1.165) is 40.2 Å². The van der Waals surface area contributed by atoms with Gasteiger partial charge in [0.15, 0.2) is 0 Å². The highest BCUT2D eigenvalue weighted by Crippen LogP contribution is 2.31. The van der Waals surface area contributed by atoms with E-state index < -0.39 is 5.60 Å². The Morgan fingerprint density at radius 1 is 1.13 bits per heavy atom. The molecule has 3 aromatic rings. The quantitative estimate of drug-likeness (QED) is 0.547. The largest absolute Gasteiger partial charge is 0.444 e. The van der Waals surface area contributed by atoms with Crippen molar-refractivity contribution in [3.8, 4) is 11.3 Å². The van der Waals surface area contributed by atoms with Gasteiger partial charge >= 0.3 is 6.09 Å². The van der Waals surface area contributed by atoms with Gasteiger partial charge in [-0.05, 0) is 57.5 Å². The third-order valence-electron chi connectivity index (χ3n) is 5.31. The number of aryl methyl sites for hydroxylation is 1. The van der Waals surface area contributed by atoms with Crippen molar-refractivity contribution in [3.05, 3.63) is 46.6 Å². The van der Waals surface area contributed by atoms with Gasteiger partial charge in [0.1, 0.15) is 11.4 Å². The fourth-order valence-corrected chi connectivity index (χ4v) is 4.13. The number of nitrogens with one attached hydrogen (secondary N) is 1. The summed E-state index contributed by atoms with van der Waals surface area (Å²) in [5.74, 6) is 0.930. The molecular weight excluding hydrogens is 444 g/mol. The molecule has 0 radical (unpaired) electrons. The lowest BCUT2D eigenvalue weighted by atomic mass is 10.1. The molecule has 0 spiro atoms. The number of benzene rings is 1. The third-order valence-corrected chi connectivity index (χ3v) is 5.81. The molecule has 0 bridgehead atoms. The highest BCUT2D eigenvalue weighted by atomic mass is 79.9. The Balaban J connectivity index is 1.45. The number of hydrogen-bond donors (Lipinski definition) is 1. The van der Waals surface area contributed by atoms with Gasteiger partial charge < -0.3 is 19.5 Å². The van der Waals surface area contributed by atoms with Crippen molar-refractivity contribution in [2.75, 3.05) is 31.1 Å². The van der Waals surface area contributed by atoms with Crippen LogP contribution in [0, 0.1) is 6.92 Å². The summed E-state index contributed by atoms with van der Waals surface area (Å²) in [4.78, 5) is 24.4. The Morgan fingerprint density at radius 3 is 2.50 bits per heavy atom. The second-order valence-corrected chi connectivity index (χ2v) is 9.59. The maximum Gasteiger partial charge on any atom is 0.410 e. The maximum atomic E-state index is 12.2. The number of halogens is 1. The number of carbonyl (C=O) groups excluding carboxylic acids is 1. The van der Waals surface area contributed by atoms with Crippen LogP contribution < -0.4 is 4.90 Å². The number of anilines is 1. The minimum Gasteiger partial charge on any atom is -0.444 e. The van der Waals surface area contributed by atoms with Crippen LogP contribution in [0.1, 0.15) is 26.3 Å². The van der Waals surface area contributed by atoms with Crippen molar-refractivity contribution in [1.82, 2.24) is 14.9 Å². The van der Waals surface area contributed by atoms with Crippen LogP contribution in [0.3, 0.4) is 0 Å². The molecule has 4 rings (SSSR count).